The molecule has 1 unspecified atom stereocenters. The van der Waals surface area contributed by atoms with Gasteiger partial charge in [0.05, 0.1) is 12.9 Å². The van der Waals surface area contributed by atoms with Crippen molar-refractivity contribution in [2.45, 2.75) is 30.5 Å². The Labute approximate surface area is 169 Å². The summed E-state index contributed by atoms with van der Waals surface area (Å²) < 4.78 is 39.6. The van der Waals surface area contributed by atoms with Crippen LogP contribution in [-0.4, -0.2) is 72.5 Å². The summed E-state index contributed by atoms with van der Waals surface area (Å²) in [5, 5.41) is -0.0181. The van der Waals surface area contributed by atoms with E-state index < -0.39 is 10.0 Å². The molecule has 29 heavy (non-hydrogen) atoms. The molecule has 0 saturated carbocycles. The molecule has 3 heterocycles. The van der Waals surface area contributed by atoms with Crippen LogP contribution in [0.4, 0.5) is 0 Å². The lowest BCUT2D eigenvalue weighted by Crippen LogP contribution is -2.42. The third-order valence-electron chi connectivity index (χ3n) is 5.07. The highest BCUT2D eigenvalue weighted by atomic mass is 32.2. The second kappa shape index (κ2) is 8.03. The van der Waals surface area contributed by atoms with Gasteiger partial charge in [-0.15, -0.1) is 0 Å². The number of amides is 1. The summed E-state index contributed by atoms with van der Waals surface area (Å²) >= 11 is 0. The van der Waals surface area contributed by atoms with E-state index in [1.807, 2.05) is 24.3 Å². The number of nitrogens with zero attached hydrogens (tertiary/aromatic N) is 4. The molecule has 4 rings (SSSR count). The number of hydrogen-bond donors (Lipinski definition) is 0. The number of aromatic nitrogens is 2. The average Bonchev–Trinajstić information content (AvgIpc) is 3.40. The summed E-state index contributed by atoms with van der Waals surface area (Å²) in [5.74, 6) is 1.19. The maximum absolute atomic E-state index is 12.6. The zero-order valence-electron chi connectivity index (χ0n) is 16.2. The molecule has 10 heteroatoms. The Hall–Kier alpha value is -2.59. The standard InChI is InChI=1S/C19H24N4O5S/c1-21(10-15-13-27-16-6-2-3-7-17(16)28-15)19(24)12-22-11-18(20-14-22)29(25,26)23-8-4-5-9-23/h2-3,6-7,11,14-15H,4-5,8-10,12-13H2,1H3. The molecule has 0 aliphatic carbocycles. The second-order valence-electron chi connectivity index (χ2n) is 7.27. The van der Waals surface area contributed by atoms with Crippen molar-refractivity contribution >= 4 is 15.9 Å². The van der Waals surface area contributed by atoms with E-state index in [0.29, 0.717) is 37.7 Å². The van der Waals surface area contributed by atoms with E-state index >= 15 is 0 Å². The molecule has 1 fully saturated rings. The number of carbonyl (C=O) groups is 1. The second-order valence-corrected chi connectivity index (χ2v) is 9.15. The van der Waals surface area contributed by atoms with E-state index in [9.17, 15) is 13.2 Å². The van der Waals surface area contributed by atoms with E-state index in [-0.39, 0.29) is 23.6 Å². The van der Waals surface area contributed by atoms with Crippen LogP contribution in [0.2, 0.25) is 0 Å². The van der Waals surface area contributed by atoms with Gasteiger partial charge in [0, 0.05) is 26.3 Å². The number of likely N-dealkylation sites (N-methyl/N-ethyl adjacent to an activating group) is 1. The number of benzene rings is 1. The maximum Gasteiger partial charge on any atom is 0.262 e. The van der Waals surface area contributed by atoms with Crippen molar-refractivity contribution < 1.29 is 22.7 Å². The lowest BCUT2D eigenvalue weighted by atomic mass is 10.2. The fourth-order valence-corrected chi connectivity index (χ4v) is 4.91. The van der Waals surface area contributed by atoms with Crippen LogP contribution in [0.1, 0.15) is 12.8 Å². The molecule has 2 aromatic rings. The smallest absolute Gasteiger partial charge is 0.262 e. The molecule has 1 aromatic heterocycles. The molecule has 2 aliphatic heterocycles. The van der Waals surface area contributed by atoms with Gasteiger partial charge in [-0.3, -0.25) is 4.79 Å². The minimum Gasteiger partial charge on any atom is -0.486 e. The lowest BCUT2D eigenvalue weighted by Gasteiger charge is -2.29. The predicted octanol–water partition coefficient (Wildman–Crippen LogP) is 0.966. The molecule has 0 spiro atoms. The van der Waals surface area contributed by atoms with E-state index in [1.54, 1.807) is 11.9 Å². The van der Waals surface area contributed by atoms with E-state index in [1.165, 1.54) is 21.4 Å². The first-order valence-corrected chi connectivity index (χ1v) is 11.0. The molecule has 9 nitrogen and oxygen atoms in total. The van der Waals surface area contributed by atoms with Crippen molar-refractivity contribution in [1.29, 1.82) is 0 Å². The van der Waals surface area contributed by atoms with Crippen molar-refractivity contribution in [2.75, 3.05) is 33.3 Å². The first-order chi connectivity index (χ1) is 13.9. The maximum atomic E-state index is 12.6. The van der Waals surface area contributed by atoms with Gasteiger partial charge in [-0.2, -0.15) is 4.31 Å². The topological polar surface area (TPSA) is 94.0 Å². The largest absolute Gasteiger partial charge is 0.486 e. The number of rotatable bonds is 6. The molecule has 1 aromatic carbocycles. The van der Waals surface area contributed by atoms with Gasteiger partial charge < -0.3 is 18.9 Å². The highest BCUT2D eigenvalue weighted by Crippen LogP contribution is 2.31. The molecule has 0 bridgehead atoms. The fraction of sp³-hybridized carbons (Fsp3) is 0.474. The summed E-state index contributed by atoms with van der Waals surface area (Å²) in [4.78, 5) is 18.1. The van der Waals surface area contributed by atoms with Crippen LogP contribution in [0.25, 0.3) is 0 Å². The third-order valence-corrected chi connectivity index (χ3v) is 6.85. The lowest BCUT2D eigenvalue weighted by molar-refractivity contribution is -0.131. The van der Waals surface area contributed by atoms with Crippen LogP contribution in [-0.2, 0) is 21.4 Å². The number of ether oxygens (including phenoxy) is 2. The fourth-order valence-electron chi connectivity index (χ4n) is 3.46. The number of para-hydroxylation sites is 2. The van der Waals surface area contributed by atoms with Crippen LogP contribution >= 0.6 is 0 Å². The van der Waals surface area contributed by atoms with E-state index in [4.69, 9.17) is 9.47 Å². The summed E-state index contributed by atoms with van der Waals surface area (Å²) in [5.41, 5.74) is 0. The van der Waals surface area contributed by atoms with Gasteiger partial charge in [0.1, 0.15) is 13.2 Å². The summed E-state index contributed by atoms with van der Waals surface area (Å²) in [6, 6.07) is 7.41. The first-order valence-electron chi connectivity index (χ1n) is 9.58. The van der Waals surface area contributed by atoms with Gasteiger partial charge in [-0.1, -0.05) is 12.1 Å². The summed E-state index contributed by atoms with van der Waals surface area (Å²) in [6.45, 7) is 1.76. The molecule has 1 atom stereocenters. The SMILES string of the molecule is CN(CC1COc2ccccc2O1)C(=O)Cn1cnc(S(=O)(=O)N2CCCC2)c1. The van der Waals surface area contributed by atoms with Gasteiger partial charge in [-0.05, 0) is 25.0 Å². The monoisotopic (exact) mass is 420 g/mol. The van der Waals surface area contributed by atoms with Crippen molar-refractivity contribution in [1.82, 2.24) is 18.8 Å². The first kappa shape index (κ1) is 19.7. The molecule has 0 radical (unpaired) electrons. The van der Waals surface area contributed by atoms with Crippen molar-refractivity contribution in [3.63, 3.8) is 0 Å². The Morgan fingerprint density at radius 3 is 2.72 bits per heavy atom. The quantitative estimate of drug-likeness (QED) is 0.691. The Bertz CT molecular complexity index is 984. The Morgan fingerprint density at radius 1 is 1.24 bits per heavy atom. The molecule has 156 valence electrons. The van der Waals surface area contributed by atoms with Gasteiger partial charge in [-0.25, -0.2) is 13.4 Å². The zero-order chi connectivity index (χ0) is 20.4. The zero-order valence-corrected chi connectivity index (χ0v) is 17.0. The van der Waals surface area contributed by atoms with Crippen LogP contribution < -0.4 is 9.47 Å². The van der Waals surface area contributed by atoms with Crippen LogP contribution in [0.5, 0.6) is 11.5 Å². The normalized spacial score (nSPS) is 19.3. The Kier molecular flexibility index (Phi) is 5.46. The van der Waals surface area contributed by atoms with Gasteiger partial charge in [0.15, 0.2) is 22.6 Å². The van der Waals surface area contributed by atoms with Crippen molar-refractivity contribution in [3.05, 3.63) is 36.8 Å². The van der Waals surface area contributed by atoms with Gasteiger partial charge in [0.2, 0.25) is 5.91 Å². The highest BCUT2D eigenvalue weighted by Gasteiger charge is 2.29. The Balaban J connectivity index is 1.34. The van der Waals surface area contributed by atoms with Crippen LogP contribution in [0.3, 0.4) is 0 Å². The molecule has 0 N–H and O–H groups in total. The van der Waals surface area contributed by atoms with Crippen LogP contribution in [0, 0.1) is 0 Å². The average molecular weight is 420 g/mol. The predicted molar refractivity (Wildman–Crippen MR) is 104 cm³/mol. The third kappa shape index (κ3) is 4.23. The number of imidazole rings is 1. The molecule has 2 aliphatic rings. The molecular weight excluding hydrogens is 396 g/mol. The summed E-state index contributed by atoms with van der Waals surface area (Å²) in [6.07, 6.45) is 4.25. The summed E-state index contributed by atoms with van der Waals surface area (Å²) in [7, 11) is -1.90. The van der Waals surface area contributed by atoms with E-state index in [2.05, 4.69) is 4.98 Å². The number of fused-ring (bicyclic) bond motifs is 1. The minimum absolute atomic E-state index is 0.00316. The Morgan fingerprint density at radius 2 is 1.97 bits per heavy atom. The minimum atomic E-state index is -3.59. The molecule has 1 saturated heterocycles. The molecule has 1 amide bonds. The number of hydrogen-bond acceptors (Lipinski definition) is 6. The van der Waals surface area contributed by atoms with E-state index in [0.717, 1.165) is 12.8 Å². The van der Waals surface area contributed by atoms with Gasteiger partial charge in [0.25, 0.3) is 10.0 Å². The van der Waals surface area contributed by atoms with Crippen LogP contribution in [0.15, 0.2) is 41.8 Å². The number of carbonyl (C=O) groups excluding carboxylic acids is 1. The van der Waals surface area contributed by atoms with Crippen molar-refractivity contribution in [2.24, 2.45) is 0 Å². The van der Waals surface area contributed by atoms with Gasteiger partial charge >= 0.3 is 0 Å². The highest BCUT2D eigenvalue weighted by molar-refractivity contribution is 7.89. The molecular formula is C19H24N4O5S. The van der Waals surface area contributed by atoms with Crippen molar-refractivity contribution in [3.8, 4) is 11.5 Å². The number of sulfonamides is 1.